The summed E-state index contributed by atoms with van der Waals surface area (Å²) in [6.45, 7) is 1.50. The van der Waals surface area contributed by atoms with Crippen LogP contribution in [0.2, 0.25) is 0 Å². The average Bonchev–Trinajstić information content (AvgIpc) is 2.61. The molecule has 3 rings (SSSR count). The third kappa shape index (κ3) is 2.29. The standard InChI is InChI=1S/C13H16F3N3/c14-13(15,16)11-5-10(3-4-18-11)19-6-8-1-2-9(7-19)12(8)17/h3-5,8-9,12H,1-2,6-7,17H2. The number of fused-ring (bicyclic) bond motifs is 2. The number of hydrogen-bond acceptors (Lipinski definition) is 3. The van der Waals surface area contributed by atoms with Gasteiger partial charge in [0.15, 0.2) is 0 Å². The van der Waals surface area contributed by atoms with Crippen LogP contribution in [0.1, 0.15) is 18.5 Å². The summed E-state index contributed by atoms with van der Waals surface area (Å²) in [5.41, 5.74) is 5.88. The molecule has 19 heavy (non-hydrogen) atoms. The summed E-state index contributed by atoms with van der Waals surface area (Å²) < 4.78 is 38.0. The Labute approximate surface area is 109 Å². The molecule has 2 aliphatic rings. The van der Waals surface area contributed by atoms with E-state index in [1.54, 1.807) is 6.07 Å². The molecule has 2 fully saturated rings. The molecule has 1 aliphatic carbocycles. The van der Waals surface area contributed by atoms with Crippen LogP contribution in [0.25, 0.3) is 0 Å². The third-order valence-corrected chi connectivity index (χ3v) is 4.31. The van der Waals surface area contributed by atoms with Crippen molar-refractivity contribution in [1.29, 1.82) is 0 Å². The average molecular weight is 271 g/mol. The maximum Gasteiger partial charge on any atom is 0.433 e. The predicted octanol–water partition coefficient (Wildman–Crippen LogP) is 2.27. The minimum Gasteiger partial charge on any atom is -0.371 e. The summed E-state index contributed by atoms with van der Waals surface area (Å²) in [5, 5.41) is 0. The van der Waals surface area contributed by atoms with Crippen molar-refractivity contribution < 1.29 is 13.2 Å². The van der Waals surface area contributed by atoms with Crippen LogP contribution in [0, 0.1) is 11.8 Å². The van der Waals surface area contributed by atoms with Gasteiger partial charge in [-0.1, -0.05) is 0 Å². The topological polar surface area (TPSA) is 42.1 Å². The molecule has 0 amide bonds. The van der Waals surface area contributed by atoms with Gasteiger partial charge in [0.05, 0.1) is 0 Å². The van der Waals surface area contributed by atoms with Gasteiger partial charge < -0.3 is 10.6 Å². The lowest BCUT2D eigenvalue weighted by Gasteiger charge is -2.37. The van der Waals surface area contributed by atoms with E-state index in [0.717, 1.165) is 32.0 Å². The highest BCUT2D eigenvalue weighted by Crippen LogP contribution is 2.38. The number of aromatic nitrogens is 1. The van der Waals surface area contributed by atoms with Gasteiger partial charge in [0.2, 0.25) is 0 Å². The molecular formula is C13H16F3N3. The zero-order chi connectivity index (χ0) is 13.6. The first-order valence-electron chi connectivity index (χ1n) is 6.49. The van der Waals surface area contributed by atoms with Crippen molar-refractivity contribution >= 4 is 5.69 Å². The van der Waals surface area contributed by atoms with E-state index in [1.165, 1.54) is 6.20 Å². The molecule has 2 bridgehead atoms. The zero-order valence-electron chi connectivity index (χ0n) is 10.4. The molecule has 3 nitrogen and oxygen atoms in total. The highest BCUT2D eigenvalue weighted by molar-refractivity contribution is 5.48. The van der Waals surface area contributed by atoms with Crippen LogP contribution in [0.15, 0.2) is 18.3 Å². The fourth-order valence-electron chi connectivity index (χ4n) is 3.25. The van der Waals surface area contributed by atoms with E-state index in [2.05, 4.69) is 4.98 Å². The second kappa shape index (κ2) is 4.37. The lowest BCUT2D eigenvalue weighted by molar-refractivity contribution is -0.141. The first-order chi connectivity index (χ1) is 8.95. The lowest BCUT2D eigenvalue weighted by atomic mass is 9.93. The molecule has 1 saturated heterocycles. The molecule has 2 atom stereocenters. The molecule has 2 unspecified atom stereocenters. The molecule has 2 heterocycles. The minimum atomic E-state index is -4.39. The van der Waals surface area contributed by atoms with E-state index in [0.29, 0.717) is 17.5 Å². The molecule has 1 saturated carbocycles. The van der Waals surface area contributed by atoms with Crippen molar-refractivity contribution in [3.8, 4) is 0 Å². The lowest BCUT2D eigenvalue weighted by Crippen LogP contribution is -2.48. The maximum atomic E-state index is 12.7. The molecule has 6 heteroatoms. The van der Waals surface area contributed by atoms with Crippen molar-refractivity contribution in [2.24, 2.45) is 17.6 Å². The molecule has 0 spiro atoms. The number of hydrogen-bond donors (Lipinski definition) is 1. The van der Waals surface area contributed by atoms with Gasteiger partial charge in [-0.25, -0.2) is 0 Å². The number of halogens is 3. The number of alkyl halides is 3. The van der Waals surface area contributed by atoms with Gasteiger partial charge in [0.25, 0.3) is 0 Å². The summed E-state index contributed by atoms with van der Waals surface area (Å²) >= 11 is 0. The van der Waals surface area contributed by atoms with Crippen LogP contribution in [-0.2, 0) is 6.18 Å². The fourth-order valence-corrected chi connectivity index (χ4v) is 3.25. The number of piperidine rings is 1. The molecule has 2 N–H and O–H groups in total. The second-order valence-electron chi connectivity index (χ2n) is 5.48. The third-order valence-electron chi connectivity index (χ3n) is 4.31. The molecular weight excluding hydrogens is 255 g/mol. The Morgan fingerprint density at radius 1 is 1.21 bits per heavy atom. The number of nitrogens with zero attached hydrogens (tertiary/aromatic N) is 2. The highest BCUT2D eigenvalue weighted by atomic mass is 19.4. The first-order valence-corrected chi connectivity index (χ1v) is 6.49. The van der Waals surface area contributed by atoms with Crippen LogP contribution in [0.3, 0.4) is 0 Å². The SMILES string of the molecule is NC1C2CCC1CN(c1ccnc(C(F)(F)F)c1)C2. The van der Waals surface area contributed by atoms with Gasteiger partial charge in [0.1, 0.15) is 5.69 Å². The Hall–Kier alpha value is -1.30. The summed E-state index contributed by atoms with van der Waals surface area (Å²) in [4.78, 5) is 5.41. The Bertz CT molecular complexity index is 460. The van der Waals surface area contributed by atoms with E-state index < -0.39 is 11.9 Å². The summed E-state index contributed by atoms with van der Waals surface area (Å²) in [7, 11) is 0. The number of anilines is 1. The van der Waals surface area contributed by atoms with Crippen molar-refractivity contribution in [1.82, 2.24) is 4.98 Å². The van der Waals surface area contributed by atoms with Gasteiger partial charge in [-0.15, -0.1) is 0 Å². The monoisotopic (exact) mass is 271 g/mol. The zero-order valence-corrected chi connectivity index (χ0v) is 10.4. The Morgan fingerprint density at radius 3 is 2.42 bits per heavy atom. The van der Waals surface area contributed by atoms with Crippen LogP contribution in [-0.4, -0.2) is 24.1 Å². The predicted molar refractivity (Wildman–Crippen MR) is 65.6 cm³/mol. The van der Waals surface area contributed by atoms with Crippen molar-refractivity contribution in [2.75, 3.05) is 18.0 Å². The Balaban J connectivity index is 1.84. The summed E-state index contributed by atoms with van der Waals surface area (Å²) in [5.74, 6) is 0.808. The number of nitrogens with two attached hydrogens (primary N) is 1. The summed E-state index contributed by atoms with van der Waals surface area (Å²) in [6.07, 6.45) is -0.991. The molecule has 1 aliphatic heterocycles. The molecule has 0 aromatic carbocycles. The van der Waals surface area contributed by atoms with Crippen LogP contribution in [0.5, 0.6) is 0 Å². The van der Waals surface area contributed by atoms with Crippen molar-refractivity contribution in [2.45, 2.75) is 25.1 Å². The highest BCUT2D eigenvalue weighted by Gasteiger charge is 2.40. The van der Waals surface area contributed by atoms with Crippen LogP contribution in [0.4, 0.5) is 18.9 Å². The number of rotatable bonds is 1. The van der Waals surface area contributed by atoms with E-state index in [-0.39, 0.29) is 6.04 Å². The van der Waals surface area contributed by atoms with E-state index in [9.17, 15) is 13.2 Å². The van der Waals surface area contributed by atoms with E-state index in [1.807, 2.05) is 4.90 Å². The van der Waals surface area contributed by atoms with Gasteiger partial charge >= 0.3 is 6.18 Å². The quantitative estimate of drug-likeness (QED) is 0.852. The smallest absolute Gasteiger partial charge is 0.371 e. The van der Waals surface area contributed by atoms with Crippen LogP contribution < -0.4 is 10.6 Å². The van der Waals surface area contributed by atoms with Crippen molar-refractivity contribution in [3.63, 3.8) is 0 Å². The molecule has 1 aromatic rings. The molecule has 0 radical (unpaired) electrons. The normalized spacial score (nSPS) is 30.7. The summed E-state index contributed by atoms with van der Waals surface area (Å²) in [6, 6.07) is 2.99. The number of pyridine rings is 1. The Kier molecular flexibility index (Phi) is 2.92. The Morgan fingerprint density at radius 2 is 1.84 bits per heavy atom. The van der Waals surface area contributed by atoms with E-state index in [4.69, 9.17) is 5.73 Å². The van der Waals surface area contributed by atoms with E-state index >= 15 is 0 Å². The van der Waals surface area contributed by atoms with Gasteiger partial charge in [0, 0.05) is 31.0 Å². The van der Waals surface area contributed by atoms with Gasteiger partial charge in [-0.3, -0.25) is 4.98 Å². The van der Waals surface area contributed by atoms with Gasteiger partial charge in [-0.05, 0) is 36.8 Å². The molecule has 1 aromatic heterocycles. The minimum absolute atomic E-state index is 0.208. The van der Waals surface area contributed by atoms with Crippen molar-refractivity contribution in [3.05, 3.63) is 24.0 Å². The maximum absolute atomic E-state index is 12.7. The largest absolute Gasteiger partial charge is 0.433 e. The second-order valence-corrected chi connectivity index (χ2v) is 5.48. The fraction of sp³-hybridized carbons (Fsp3) is 0.615. The molecule has 104 valence electrons. The van der Waals surface area contributed by atoms with Crippen LogP contribution >= 0.6 is 0 Å². The first kappa shape index (κ1) is 12.7. The van der Waals surface area contributed by atoms with Gasteiger partial charge in [-0.2, -0.15) is 13.2 Å².